The van der Waals surface area contributed by atoms with Crippen LogP contribution in [0.15, 0.2) is 22.7 Å². The predicted octanol–water partition coefficient (Wildman–Crippen LogP) is 2.77. The number of ether oxygens (including phenoxy) is 1. The smallest absolute Gasteiger partial charge is 0.241 e. The number of halogens is 1. The molecule has 0 bridgehead atoms. The molecule has 0 aliphatic heterocycles. The first-order valence-corrected chi connectivity index (χ1v) is 6.45. The van der Waals surface area contributed by atoms with Gasteiger partial charge in [-0.1, -0.05) is 36.7 Å². The van der Waals surface area contributed by atoms with Gasteiger partial charge < -0.3 is 15.8 Å². The molecule has 0 spiro atoms. The van der Waals surface area contributed by atoms with Gasteiger partial charge in [-0.3, -0.25) is 4.79 Å². The van der Waals surface area contributed by atoms with Crippen molar-refractivity contribution < 1.29 is 9.53 Å². The van der Waals surface area contributed by atoms with E-state index in [4.69, 9.17) is 10.5 Å². The number of carbonyl (C=O) groups is 1. The zero-order chi connectivity index (χ0) is 13.9. The predicted molar refractivity (Wildman–Crippen MR) is 76.8 cm³/mol. The molecule has 1 aromatic carbocycles. The summed E-state index contributed by atoms with van der Waals surface area (Å²) in [6.45, 7) is 5.78. The van der Waals surface area contributed by atoms with Crippen LogP contribution in [0.1, 0.15) is 20.8 Å². The van der Waals surface area contributed by atoms with Crippen molar-refractivity contribution in [1.29, 1.82) is 0 Å². The molecule has 0 fully saturated rings. The Hall–Kier alpha value is -1.07. The lowest BCUT2D eigenvalue weighted by atomic mass is 9.87. The lowest BCUT2D eigenvalue weighted by Crippen LogP contribution is -2.45. The van der Waals surface area contributed by atoms with Gasteiger partial charge in [0.05, 0.1) is 18.8 Å². The molecular formula is C13H19BrN2O2. The molecule has 0 heterocycles. The van der Waals surface area contributed by atoms with Gasteiger partial charge in [0.1, 0.15) is 5.75 Å². The molecule has 0 aromatic heterocycles. The molecule has 0 saturated heterocycles. The molecule has 18 heavy (non-hydrogen) atoms. The number of hydrogen-bond donors (Lipinski definition) is 2. The number of hydrogen-bond acceptors (Lipinski definition) is 3. The van der Waals surface area contributed by atoms with E-state index in [2.05, 4.69) is 21.2 Å². The topological polar surface area (TPSA) is 64.3 Å². The number of amides is 1. The zero-order valence-corrected chi connectivity index (χ0v) is 12.7. The highest BCUT2D eigenvalue weighted by Gasteiger charge is 2.27. The van der Waals surface area contributed by atoms with Crippen molar-refractivity contribution in [1.82, 2.24) is 0 Å². The van der Waals surface area contributed by atoms with Gasteiger partial charge in [0.25, 0.3) is 0 Å². The molecule has 100 valence electrons. The number of methoxy groups -OCH3 is 1. The Morgan fingerprint density at radius 3 is 2.56 bits per heavy atom. The Morgan fingerprint density at radius 2 is 2.06 bits per heavy atom. The Kier molecular flexibility index (Phi) is 4.76. The largest absolute Gasteiger partial charge is 0.495 e. The van der Waals surface area contributed by atoms with Gasteiger partial charge in [0.2, 0.25) is 5.91 Å². The number of benzene rings is 1. The van der Waals surface area contributed by atoms with E-state index in [1.165, 1.54) is 0 Å². The van der Waals surface area contributed by atoms with Gasteiger partial charge >= 0.3 is 0 Å². The van der Waals surface area contributed by atoms with E-state index in [1.54, 1.807) is 19.2 Å². The number of carbonyl (C=O) groups excluding carboxylic acids is 1. The van der Waals surface area contributed by atoms with Crippen LogP contribution >= 0.6 is 15.9 Å². The van der Waals surface area contributed by atoms with E-state index in [1.807, 2.05) is 26.8 Å². The van der Waals surface area contributed by atoms with Crippen LogP contribution < -0.4 is 15.8 Å². The first-order valence-electron chi connectivity index (χ1n) is 5.65. The highest BCUT2D eigenvalue weighted by molar-refractivity contribution is 9.10. The summed E-state index contributed by atoms with van der Waals surface area (Å²) in [5.74, 6) is 0.381. The minimum absolute atomic E-state index is 0.223. The van der Waals surface area contributed by atoms with Gasteiger partial charge in [-0.25, -0.2) is 0 Å². The summed E-state index contributed by atoms with van der Waals surface area (Å²) in [4.78, 5) is 12.0. The van der Waals surface area contributed by atoms with Crippen LogP contribution in [0.3, 0.4) is 0 Å². The molecule has 3 N–H and O–H groups in total. The van der Waals surface area contributed by atoms with Gasteiger partial charge in [-0.05, 0) is 23.6 Å². The number of nitrogens with one attached hydrogen (secondary N) is 1. The number of rotatable bonds is 3. The third kappa shape index (κ3) is 3.71. The molecular weight excluding hydrogens is 296 g/mol. The van der Waals surface area contributed by atoms with Gasteiger partial charge in [-0.15, -0.1) is 0 Å². The Balaban J connectivity index is 2.91. The summed E-state index contributed by atoms with van der Waals surface area (Å²) in [5.41, 5.74) is 6.23. The van der Waals surface area contributed by atoms with Gasteiger partial charge in [0.15, 0.2) is 0 Å². The molecule has 0 saturated carbocycles. The molecule has 4 nitrogen and oxygen atoms in total. The fourth-order valence-electron chi connectivity index (χ4n) is 1.38. The SMILES string of the molecule is COc1ccc(Br)cc1NC(=O)[C@@H](N)C(C)(C)C. The first-order chi connectivity index (χ1) is 8.25. The molecule has 0 aliphatic rings. The fourth-order valence-corrected chi connectivity index (χ4v) is 1.74. The molecule has 1 aromatic rings. The fraction of sp³-hybridized carbons (Fsp3) is 0.462. The van der Waals surface area contributed by atoms with Crippen molar-refractivity contribution in [2.45, 2.75) is 26.8 Å². The van der Waals surface area contributed by atoms with Crippen LogP contribution in [0.4, 0.5) is 5.69 Å². The van der Waals surface area contributed by atoms with Gasteiger partial charge in [-0.2, -0.15) is 0 Å². The van der Waals surface area contributed by atoms with Crippen molar-refractivity contribution in [2.75, 3.05) is 12.4 Å². The van der Waals surface area contributed by atoms with Gasteiger partial charge in [0, 0.05) is 4.47 Å². The second-order valence-corrected chi connectivity index (χ2v) is 6.09. The summed E-state index contributed by atoms with van der Waals surface area (Å²) < 4.78 is 6.05. The molecule has 0 aliphatic carbocycles. The van der Waals surface area contributed by atoms with Crippen LogP contribution in [0.5, 0.6) is 5.75 Å². The van der Waals surface area contributed by atoms with Crippen molar-refractivity contribution in [3.63, 3.8) is 0 Å². The molecule has 5 heteroatoms. The van der Waals surface area contributed by atoms with Crippen LogP contribution in [-0.4, -0.2) is 19.1 Å². The van der Waals surface area contributed by atoms with Crippen molar-refractivity contribution in [3.8, 4) is 5.75 Å². The Morgan fingerprint density at radius 1 is 1.44 bits per heavy atom. The zero-order valence-electron chi connectivity index (χ0n) is 11.1. The standard InChI is InChI=1S/C13H19BrN2O2/c1-13(2,3)11(15)12(17)16-9-7-8(14)5-6-10(9)18-4/h5-7,11H,15H2,1-4H3,(H,16,17)/t11-/m1/s1. The third-order valence-electron chi connectivity index (χ3n) is 2.63. The molecule has 1 amide bonds. The summed E-state index contributed by atoms with van der Waals surface area (Å²) in [7, 11) is 1.56. The highest BCUT2D eigenvalue weighted by atomic mass is 79.9. The second-order valence-electron chi connectivity index (χ2n) is 5.18. The maximum Gasteiger partial charge on any atom is 0.241 e. The van der Waals surface area contributed by atoms with E-state index < -0.39 is 6.04 Å². The van der Waals surface area contributed by atoms with E-state index in [9.17, 15) is 4.79 Å². The quantitative estimate of drug-likeness (QED) is 0.901. The third-order valence-corrected chi connectivity index (χ3v) is 3.13. The molecule has 1 rings (SSSR count). The average molecular weight is 315 g/mol. The summed E-state index contributed by atoms with van der Waals surface area (Å²) in [5, 5.41) is 2.79. The first kappa shape index (κ1) is 15.0. The summed E-state index contributed by atoms with van der Waals surface area (Å²) in [6, 6.07) is 4.83. The van der Waals surface area contributed by atoms with E-state index >= 15 is 0 Å². The number of nitrogens with two attached hydrogens (primary N) is 1. The lowest BCUT2D eigenvalue weighted by molar-refractivity contribution is -0.119. The second kappa shape index (κ2) is 5.71. The normalized spacial score (nSPS) is 13.0. The monoisotopic (exact) mass is 314 g/mol. The average Bonchev–Trinajstić information content (AvgIpc) is 2.27. The van der Waals surface area contributed by atoms with E-state index in [0.717, 1.165) is 4.47 Å². The lowest BCUT2D eigenvalue weighted by Gasteiger charge is -2.26. The molecule has 1 atom stereocenters. The molecule has 0 radical (unpaired) electrons. The van der Waals surface area contributed by atoms with Crippen LogP contribution in [0, 0.1) is 5.41 Å². The Labute approximate surface area is 116 Å². The van der Waals surface area contributed by atoms with E-state index in [0.29, 0.717) is 11.4 Å². The Bertz CT molecular complexity index is 441. The van der Waals surface area contributed by atoms with E-state index in [-0.39, 0.29) is 11.3 Å². The van der Waals surface area contributed by atoms with Crippen LogP contribution in [0.25, 0.3) is 0 Å². The van der Waals surface area contributed by atoms with Crippen LogP contribution in [0.2, 0.25) is 0 Å². The van der Waals surface area contributed by atoms with Crippen molar-refractivity contribution in [3.05, 3.63) is 22.7 Å². The molecule has 0 unspecified atom stereocenters. The summed E-state index contributed by atoms with van der Waals surface area (Å²) in [6.07, 6.45) is 0. The number of anilines is 1. The summed E-state index contributed by atoms with van der Waals surface area (Å²) >= 11 is 3.35. The van der Waals surface area contributed by atoms with Crippen molar-refractivity contribution in [2.24, 2.45) is 11.1 Å². The van der Waals surface area contributed by atoms with Crippen molar-refractivity contribution >= 4 is 27.5 Å². The minimum atomic E-state index is -0.582. The maximum atomic E-state index is 12.0. The van der Waals surface area contributed by atoms with Crippen LogP contribution in [-0.2, 0) is 4.79 Å². The highest BCUT2D eigenvalue weighted by Crippen LogP contribution is 2.28. The minimum Gasteiger partial charge on any atom is -0.495 e. The maximum absolute atomic E-state index is 12.0.